The van der Waals surface area contributed by atoms with Crippen LogP contribution in [0.1, 0.15) is 55.6 Å². The number of rotatable bonds is 4. The highest BCUT2D eigenvalue weighted by Gasteiger charge is 2.40. The third kappa shape index (κ3) is 3.24. The van der Waals surface area contributed by atoms with E-state index < -0.39 is 17.0 Å². The Morgan fingerprint density at radius 3 is 2.40 bits per heavy atom. The third-order valence-corrected chi connectivity index (χ3v) is 4.23. The highest BCUT2D eigenvalue weighted by Crippen LogP contribution is 2.51. The molecule has 0 aliphatic carbocycles. The van der Waals surface area contributed by atoms with E-state index in [-0.39, 0.29) is 46.1 Å². The molecule has 2 rings (SSSR count). The number of aliphatic carboxylic acids is 1. The molecule has 0 atom stereocenters. The van der Waals surface area contributed by atoms with Crippen LogP contribution in [-0.4, -0.2) is 32.7 Å². The summed E-state index contributed by atoms with van der Waals surface area (Å²) in [5, 5.41) is 30.3. The summed E-state index contributed by atoms with van der Waals surface area (Å²) in [6, 6.07) is 0. The fraction of sp³-hybridized carbons (Fsp3) is 0.368. The zero-order valence-corrected chi connectivity index (χ0v) is 14.7. The number of phenols is 2. The van der Waals surface area contributed by atoms with E-state index in [1.165, 1.54) is 6.08 Å². The van der Waals surface area contributed by atoms with E-state index in [0.717, 1.165) is 12.2 Å². The normalized spacial score (nSPS) is 16.4. The van der Waals surface area contributed by atoms with Gasteiger partial charge in [-0.2, -0.15) is 0 Å². The number of phenolic OH excluding ortho intramolecular Hbond substituents is 2. The zero-order valence-electron chi connectivity index (χ0n) is 14.7. The van der Waals surface area contributed by atoms with Gasteiger partial charge in [-0.1, -0.05) is 19.9 Å². The molecule has 0 unspecified atom stereocenters. The summed E-state index contributed by atoms with van der Waals surface area (Å²) in [5.74, 6) is -2.28. The molecule has 6 nitrogen and oxygen atoms in total. The van der Waals surface area contributed by atoms with Crippen molar-refractivity contribution in [3.63, 3.8) is 0 Å². The van der Waals surface area contributed by atoms with Gasteiger partial charge in [-0.25, -0.2) is 4.79 Å². The van der Waals surface area contributed by atoms with Crippen molar-refractivity contribution in [1.29, 1.82) is 0 Å². The van der Waals surface area contributed by atoms with Gasteiger partial charge in [0.25, 0.3) is 0 Å². The lowest BCUT2D eigenvalue weighted by molar-refractivity contribution is -0.131. The van der Waals surface area contributed by atoms with E-state index in [4.69, 9.17) is 9.84 Å². The van der Waals surface area contributed by atoms with Gasteiger partial charge in [-0.15, -0.1) is 6.58 Å². The number of ketones is 1. The third-order valence-electron chi connectivity index (χ3n) is 4.23. The van der Waals surface area contributed by atoms with Crippen LogP contribution in [0.25, 0.3) is 6.08 Å². The molecule has 0 saturated heterocycles. The summed E-state index contributed by atoms with van der Waals surface area (Å²) in [6.45, 7) is 10.5. The number of fused-ring (bicyclic) bond motifs is 1. The first-order chi connectivity index (χ1) is 11.4. The minimum atomic E-state index is -1.22. The Morgan fingerprint density at radius 1 is 1.28 bits per heavy atom. The van der Waals surface area contributed by atoms with Gasteiger partial charge in [-0.3, -0.25) is 4.79 Å². The van der Waals surface area contributed by atoms with Gasteiger partial charge >= 0.3 is 5.97 Å². The number of carboxylic acids is 1. The zero-order chi connectivity index (χ0) is 19.2. The van der Waals surface area contributed by atoms with Crippen molar-refractivity contribution in [1.82, 2.24) is 0 Å². The highest BCUT2D eigenvalue weighted by atomic mass is 16.5. The number of hydrogen-bond donors (Lipinski definition) is 3. The molecule has 0 amide bonds. The topological polar surface area (TPSA) is 104 Å². The van der Waals surface area contributed by atoms with Crippen LogP contribution >= 0.6 is 0 Å². The lowest BCUT2D eigenvalue weighted by atomic mass is 9.79. The lowest BCUT2D eigenvalue weighted by Crippen LogP contribution is -2.36. The molecule has 0 aromatic heterocycles. The fourth-order valence-electron chi connectivity index (χ4n) is 2.90. The Kier molecular flexibility index (Phi) is 4.42. The number of allylic oxidation sites excluding steroid dienone is 1. The van der Waals surface area contributed by atoms with Crippen molar-refractivity contribution < 1.29 is 29.6 Å². The highest BCUT2D eigenvalue weighted by molar-refractivity contribution is 6.05. The standard InChI is InChI=1S/C19H22O6/c1-6-18(2,3)14-15(23)10(7-8-12(21)22)17-13(16(14)24)11(20)9-19(4,5)25-17/h6-8,23-24H,1,9H2,2-5H3,(H,21,22)/b8-7+. The quantitative estimate of drug-likeness (QED) is 0.570. The van der Waals surface area contributed by atoms with Gasteiger partial charge in [0.05, 0.1) is 12.0 Å². The first kappa shape index (κ1) is 18.6. The average molecular weight is 346 g/mol. The van der Waals surface area contributed by atoms with Crippen LogP contribution in [-0.2, 0) is 10.2 Å². The second-order valence-electron chi connectivity index (χ2n) is 7.25. The van der Waals surface area contributed by atoms with Crippen LogP contribution < -0.4 is 4.74 Å². The second-order valence-corrected chi connectivity index (χ2v) is 7.25. The van der Waals surface area contributed by atoms with Gasteiger partial charge < -0.3 is 20.1 Å². The van der Waals surface area contributed by atoms with E-state index in [1.807, 2.05) is 0 Å². The molecule has 6 heteroatoms. The molecule has 0 fully saturated rings. The number of carbonyl (C=O) groups excluding carboxylic acids is 1. The van der Waals surface area contributed by atoms with Crippen LogP contribution in [0.3, 0.4) is 0 Å². The Hall–Kier alpha value is -2.76. The number of aromatic hydroxyl groups is 2. The van der Waals surface area contributed by atoms with Crippen LogP contribution in [0.4, 0.5) is 0 Å². The Morgan fingerprint density at radius 2 is 1.88 bits per heavy atom. The molecule has 3 N–H and O–H groups in total. The SMILES string of the molecule is C=CC(C)(C)c1c(O)c(/C=C/C(=O)O)c2c(c1O)C(=O)CC(C)(C)O2. The van der Waals surface area contributed by atoms with Crippen molar-refractivity contribution >= 4 is 17.8 Å². The monoisotopic (exact) mass is 346 g/mol. The number of ether oxygens (including phenoxy) is 1. The summed E-state index contributed by atoms with van der Waals surface area (Å²) in [6.07, 6.45) is 3.57. The van der Waals surface area contributed by atoms with Crippen molar-refractivity contribution in [3.05, 3.63) is 35.4 Å². The van der Waals surface area contributed by atoms with Crippen LogP contribution in [0.2, 0.25) is 0 Å². The van der Waals surface area contributed by atoms with E-state index in [9.17, 15) is 19.8 Å². The summed E-state index contributed by atoms with van der Waals surface area (Å²) in [4.78, 5) is 23.5. The van der Waals surface area contributed by atoms with Gasteiger partial charge in [0.1, 0.15) is 28.4 Å². The molecule has 1 aromatic rings. The molecule has 1 aliphatic heterocycles. The Balaban J connectivity index is 2.92. The summed E-state index contributed by atoms with van der Waals surface area (Å²) >= 11 is 0. The maximum Gasteiger partial charge on any atom is 0.328 e. The number of hydrogen-bond acceptors (Lipinski definition) is 5. The van der Waals surface area contributed by atoms with Gasteiger partial charge in [0.15, 0.2) is 5.78 Å². The van der Waals surface area contributed by atoms with Crippen molar-refractivity contribution in [2.75, 3.05) is 0 Å². The van der Waals surface area contributed by atoms with E-state index in [2.05, 4.69) is 6.58 Å². The van der Waals surface area contributed by atoms with Crippen molar-refractivity contribution in [3.8, 4) is 17.2 Å². The van der Waals surface area contributed by atoms with Gasteiger partial charge in [0.2, 0.25) is 0 Å². The number of carbonyl (C=O) groups is 2. The number of carboxylic acid groups (broad SMARTS) is 1. The summed E-state index contributed by atoms with van der Waals surface area (Å²) in [5.41, 5.74) is -1.61. The maximum absolute atomic E-state index is 12.6. The van der Waals surface area contributed by atoms with Crippen molar-refractivity contribution in [2.24, 2.45) is 0 Å². The minimum Gasteiger partial charge on any atom is -0.507 e. The van der Waals surface area contributed by atoms with Crippen LogP contribution in [0.15, 0.2) is 18.7 Å². The first-order valence-corrected chi connectivity index (χ1v) is 7.80. The molecule has 0 bridgehead atoms. The Labute approximate surface area is 146 Å². The summed E-state index contributed by atoms with van der Waals surface area (Å²) in [7, 11) is 0. The minimum absolute atomic E-state index is 0.0163. The maximum atomic E-state index is 12.6. The number of benzene rings is 1. The van der Waals surface area contributed by atoms with Gasteiger partial charge in [-0.05, 0) is 19.9 Å². The predicted molar refractivity (Wildman–Crippen MR) is 93.3 cm³/mol. The second kappa shape index (κ2) is 5.95. The predicted octanol–water partition coefficient (Wildman–Crippen LogP) is 3.40. The smallest absolute Gasteiger partial charge is 0.328 e. The molecule has 25 heavy (non-hydrogen) atoms. The molecule has 0 radical (unpaired) electrons. The van der Waals surface area contributed by atoms with Crippen LogP contribution in [0.5, 0.6) is 17.2 Å². The average Bonchev–Trinajstić information content (AvgIpc) is 2.44. The molecular weight excluding hydrogens is 324 g/mol. The molecule has 0 spiro atoms. The Bertz CT molecular complexity index is 799. The molecule has 1 aromatic carbocycles. The van der Waals surface area contributed by atoms with Gasteiger partial charge in [0, 0.05) is 17.1 Å². The molecule has 1 aliphatic rings. The number of Topliss-reactive ketones (excluding diaryl/α,β-unsaturated/α-hetero) is 1. The largest absolute Gasteiger partial charge is 0.507 e. The van der Waals surface area contributed by atoms with E-state index >= 15 is 0 Å². The lowest BCUT2D eigenvalue weighted by Gasteiger charge is -2.35. The molecule has 1 heterocycles. The molecular formula is C19H22O6. The van der Waals surface area contributed by atoms with E-state index in [0.29, 0.717) is 0 Å². The van der Waals surface area contributed by atoms with Crippen LogP contribution in [0, 0.1) is 0 Å². The fourth-order valence-corrected chi connectivity index (χ4v) is 2.90. The summed E-state index contributed by atoms with van der Waals surface area (Å²) < 4.78 is 5.81. The van der Waals surface area contributed by atoms with Crippen molar-refractivity contribution in [2.45, 2.75) is 45.1 Å². The molecule has 134 valence electrons. The van der Waals surface area contributed by atoms with E-state index in [1.54, 1.807) is 27.7 Å². The first-order valence-electron chi connectivity index (χ1n) is 7.80. The molecule has 0 saturated carbocycles.